The smallest absolute Gasteiger partial charge is 0.408 e. The molecule has 0 bridgehead atoms. The van der Waals surface area contributed by atoms with Gasteiger partial charge in [-0.1, -0.05) is 0 Å². The van der Waals surface area contributed by atoms with E-state index in [9.17, 15) is 23.1 Å². The molecule has 1 fully saturated rings. The quantitative estimate of drug-likeness (QED) is 0.877. The van der Waals surface area contributed by atoms with Gasteiger partial charge < -0.3 is 14.6 Å². The van der Waals surface area contributed by atoms with Crippen molar-refractivity contribution in [3.8, 4) is 5.75 Å². The fourth-order valence-electron chi connectivity index (χ4n) is 2.69. The molecule has 1 aliphatic rings. The van der Waals surface area contributed by atoms with E-state index in [1.807, 2.05) is 11.9 Å². The molecule has 0 amide bonds. The number of piperazine rings is 1. The third-order valence-electron chi connectivity index (χ3n) is 4.19. The van der Waals surface area contributed by atoms with Crippen LogP contribution < -0.4 is 5.43 Å². The van der Waals surface area contributed by atoms with Crippen molar-refractivity contribution in [1.29, 1.82) is 0 Å². The number of aromatic hydroxyl groups is 1. The van der Waals surface area contributed by atoms with Crippen LogP contribution in [0, 0.1) is 6.92 Å². The van der Waals surface area contributed by atoms with Crippen molar-refractivity contribution in [2.45, 2.75) is 19.1 Å². The minimum absolute atomic E-state index is 0. The highest BCUT2D eigenvalue weighted by Crippen LogP contribution is 2.37. The second-order valence-corrected chi connectivity index (χ2v) is 5.74. The molecule has 5 nitrogen and oxygen atoms in total. The zero-order valence-electron chi connectivity index (χ0n) is 13.2. The van der Waals surface area contributed by atoms with E-state index in [1.54, 1.807) is 0 Å². The van der Waals surface area contributed by atoms with Crippen molar-refractivity contribution in [2.24, 2.45) is 7.05 Å². The zero-order valence-corrected chi connectivity index (χ0v) is 14.0. The van der Waals surface area contributed by atoms with E-state index in [0.29, 0.717) is 13.1 Å². The molecule has 0 spiro atoms. The molecular weight excluding hydrogens is 335 g/mol. The van der Waals surface area contributed by atoms with Gasteiger partial charge in [0, 0.05) is 45.0 Å². The number of nitrogens with zero attached hydrogens (tertiary/aromatic N) is 3. The summed E-state index contributed by atoms with van der Waals surface area (Å²) in [5.41, 5.74) is -1.13. The first-order valence-corrected chi connectivity index (χ1v) is 7.01. The third-order valence-corrected chi connectivity index (χ3v) is 4.19. The Morgan fingerprint density at radius 2 is 1.70 bits per heavy atom. The van der Waals surface area contributed by atoms with Crippen LogP contribution in [-0.4, -0.2) is 58.9 Å². The van der Waals surface area contributed by atoms with Crippen molar-refractivity contribution >= 4 is 12.4 Å². The molecule has 2 heterocycles. The van der Waals surface area contributed by atoms with E-state index in [0.717, 1.165) is 0 Å². The van der Waals surface area contributed by atoms with Crippen LogP contribution in [0.15, 0.2) is 11.0 Å². The molecule has 1 N–H and O–H groups in total. The summed E-state index contributed by atoms with van der Waals surface area (Å²) in [6.45, 7) is 2.94. The fraction of sp³-hybridized carbons (Fsp3) is 0.643. The van der Waals surface area contributed by atoms with Crippen molar-refractivity contribution in [1.82, 2.24) is 14.4 Å². The van der Waals surface area contributed by atoms with Crippen molar-refractivity contribution in [3.05, 3.63) is 27.7 Å². The van der Waals surface area contributed by atoms with Crippen LogP contribution in [0.25, 0.3) is 0 Å². The second kappa shape index (κ2) is 7.11. The van der Waals surface area contributed by atoms with Gasteiger partial charge in [0.25, 0.3) is 0 Å². The van der Waals surface area contributed by atoms with Gasteiger partial charge in [-0.05, 0) is 14.0 Å². The highest BCUT2D eigenvalue weighted by Gasteiger charge is 2.47. The summed E-state index contributed by atoms with van der Waals surface area (Å²) >= 11 is 0. The normalized spacial score (nSPS) is 18.5. The average Bonchev–Trinajstić information content (AvgIpc) is 2.43. The molecule has 1 aromatic heterocycles. The van der Waals surface area contributed by atoms with Gasteiger partial charge in [-0.3, -0.25) is 9.69 Å². The minimum Gasteiger partial charge on any atom is -0.503 e. The highest BCUT2D eigenvalue weighted by molar-refractivity contribution is 5.85. The number of pyridine rings is 1. The maximum atomic E-state index is 13.5. The van der Waals surface area contributed by atoms with Crippen LogP contribution in [0.3, 0.4) is 0 Å². The molecule has 0 aromatic carbocycles. The Bertz CT molecular complexity index is 611. The van der Waals surface area contributed by atoms with Crippen LogP contribution in [0.5, 0.6) is 5.75 Å². The molecule has 1 aromatic rings. The SMILES string of the molecule is Cc1c(O)c(=O)c(C(N2CCN(C)CC2)C(F)(F)F)cn1C.Cl. The molecule has 9 heteroatoms. The topological polar surface area (TPSA) is 48.7 Å². The Morgan fingerprint density at radius 3 is 2.17 bits per heavy atom. The lowest BCUT2D eigenvalue weighted by Crippen LogP contribution is -2.50. The number of hydrogen-bond acceptors (Lipinski definition) is 4. The predicted octanol–water partition coefficient (Wildman–Crippen LogP) is 1.67. The van der Waals surface area contributed by atoms with Gasteiger partial charge in [-0.2, -0.15) is 13.2 Å². The Labute approximate surface area is 138 Å². The second-order valence-electron chi connectivity index (χ2n) is 5.74. The Balaban J connectivity index is 0.00000264. The maximum absolute atomic E-state index is 13.5. The maximum Gasteiger partial charge on any atom is 0.408 e. The molecule has 1 aliphatic heterocycles. The van der Waals surface area contributed by atoms with Crippen LogP contribution in [-0.2, 0) is 7.05 Å². The van der Waals surface area contributed by atoms with Crippen molar-refractivity contribution in [3.63, 3.8) is 0 Å². The third kappa shape index (κ3) is 3.99. The molecule has 0 aliphatic carbocycles. The lowest BCUT2D eigenvalue weighted by Gasteiger charge is -2.38. The van der Waals surface area contributed by atoms with Crippen molar-refractivity contribution < 1.29 is 18.3 Å². The van der Waals surface area contributed by atoms with E-state index in [4.69, 9.17) is 0 Å². The number of rotatable bonds is 2. The summed E-state index contributed by atoms with van der Waals surface area (Å²) in [6, 6.07) is -1.99. The molecule has 0 saturated carbocycles. The number of likely N-dealkylation sites (N-methyl/N-ethyl adjacent to an activating group) is 1. The lowest BCUT2D eigenvalue weighted by molar-refractivity contribution is -0.190. The molecule has 1 unspecified atom stereocenters. The molecule has 2 rings (SSSR count). The first-order chi connectivity index (χ1) is 10.1. The number of hydrogen-bond donors (Lipinski definition) is 1. The van der Waals surface area contributed by atoms with Gasteiger partial charge >= 0.3 is 6.18 Å². The molecule has 132 valence electrons. The standard InChI is InChI=1S/C14H20F3N3O2.ClH/c1-9-11(21)12(22)10(8-19(9)3)13(14(15,16)17)20-6-4-18(2)5-7-20;/h8,13,21H,4-7H2,1-3H3;1H. The lowest BCUT2D eigenvalue weighted by atomic mass is 10.0. The summed E-state index contributed by atoms with van der Waals surface area (Å²) in [5, 5.41) is 9.80. The fourth-order valence-corrected chi connectivity index (χ4v) is 2.69. The number of alkyl halides is 3. The largest absolute Gasteiger partial charge is 0.503 e. The molecular formula is C14H21ClF3N3O2. The van der Waals surface area contributed by atoms with Gasteiger partial charge in [0.1, 0.15) is 6.04 Å². The molecule has 1 atom stereocenters. The summed E-state index contributed by atoms with van der Waals surface area (Å²) in [4.78, 5) is 15.3. The van der Waals surface area contributed by atoms with Crippen LogP contribution in [0.4, 0.5) is 13.2 Å². The summed E-state index contributed by atoms with van der Waals surface area (Å²) < 4.78 is 42.0. The van der Waals surface area contributed by atoms with Crippen LogP contribution >= 0.6 is 12.4 Å². The first-order valence-electron chi connectivity index (χ1n) is 7.01. The van der Waals surface area contributed by atoms with E-state index >= 15 is 0 Å². The van der Waals surface area contributed by atoms with E-state index < -0.39 is 29.0 Å². The number of aromatic nitrogens is 1. The van der Waals surface area contributed by atoms with E-state index in [2.05, 4.69) is 0 Å². The van der Waals surface area contributed by atoms with Crippen LogP contribution in [0.2, 0.25) is 0 Å². The van der Waals surface area contributed by atoms with Gasteiger partial charge in [0.15, 0.2) is 5.75 Å². The minimum atomic E-state index is -4.58. The Kier molecular flexibility index (Phi) is 6.12. The highest BCUT2D eigenvalue weighted by atomic mass is 35.5. The van der Waals surface area contributed by atoms with Crippen molar-refractivity contribution in [2.75, 3.05) is 33.2 Å². The van der Waals surface area contributed by atoms with Gasteiger partial charge in [0.05, 0.1) is 5.69 Å². The predicted molar refractivity (Wildman–Crippen MR) is 83.2 cm³/mol. The van der Waals surface area contributed by atoms with E-state index in [1.165, 1.54) is 29.6 Å². The molecule has 0 radical (unpaired) electrons. The summed E-state index contributed by atoms with van der Waals surface area (Å²) in [6.07, 6.45) is -3.41. The Hall–Kier alpha value is -1.25. The van der Waals surface area contributed by atoms with Gasteiger partial charge in [-0.25, -0.2) is 0 Å². The first kappa shape index (κ1) is 19.8. The summed E-state index contributed by atoms with van der Waals surface area (Å²) in [5.74, 6) is -0.622. The number of halogens is 4. The average molecular weight is 356 g/mol. The van der Waals surface area contributed by atoms with E-state index in [-0.39, 0.29) is 31.2 Å². The Morgan fingerprint density at radius 1 is 1.17 bits per heavy atom. The zero-order chi connectivity index (χ0) is 16.7. The van der Waals surface area contributed by atoms with Gasteiger partial charge in [0.2, 0.25) is 5.43 Å². The summed E-state index contributed by atoms with van der Waals surface area (Å²) in [7, 11) is 3.35. The molecule has 1 saturated heterocycles. The van der Waals surface area contributed by atoms with Crippen LogP contribution in [0.1, 0.15) is 17.3 Å². The monoisotopic (exact) mass is 355 g/mol. The number of aryl methyl sites for hydroxylation is 1. The molecule has 23 heavy (non-hydrogen) atoms. The van der Waals surface area contributed by atoms with Gasteiger partial charge in [-0.15, -0.1) is 12.4 Å².